The van der Waals surface area contributed by atoms with Gasteiger partial charge in [-0.25, -0.2) is 9.97 Å². The number of ether oxygens (including phenoxy) is 1. The van der Waals surface area contributed by atoms with Crippen molar-refractivity contribution < 1.29 is 4.74 Å². The molecule has 2 unspecified atom stereocenters. The van der Waals surface area contributed by atoms with Gasteiger partial charge in [0.2, 0.25) is 0 Å². The molecule has 1 aliphatic heterocycles. The number of nitrogens with zero attached hydrogens (tertiary/aromatic N) is 2. The van der Waals surface area contributed by atoms with Crippen LogP contribution in [0.15, 0.2) is 17.4 Å². The van der Waals surface area contributed by atoms with Crippen molar-refractivity contribution >= 4 is 17.6 Å². The molecule has 2 atom stereocenters. The summed E-state index contributed by atoms with van der Waals surface area (Å²) >= 11 is 1.78. The minimum Gasteiger partial charge on any atom is -0.377 e. The van der Waals surface area contributed by atoms with Crippen molar-refractivity contribution in [3.63, 3.8) is 0 Å². The van der Waals surface area contributed by atoms with Crippen LogP contribution in [0.5, 0.6) is 0 Å². The van der Waals surface area contributed by atoms with Gasteiger partial charge in [-0.15, -0.1) is 11.8 Å². The summed E-state index contributed by atoms with van der Waals surface area (Å²) in [4.78, 5) is 8.43. The largest absolute Gasteiger partial charge is 0.377 e. The highest BCUT2D eigenvalue weighted by atomic mass is 32.2. The van der Waals surface area contributed by atoms with Crippen LogP contribution >= 0.6 is 11.8 Å². The van der Waals surface area contributed by atoms with E-state index in [2.05, 4.69) is 29.1 Å². The molecule has 0 aliphatic carbocycles. The first-order valence-corrected chi connectivity index (χ1v) is 6.51. The van der Waals surface area contributed by atoms with Crippen LogP contribution in [-0.2, 0) is 4.74 Å². The Bertz CT molecular complexity index is 348. The van der Waals surface area contributed by atoms with E-state index < -0.39 is 0 Å². The minimum absolute atomic E-state index is 0.322. The maximum absolute atomic E-state index is 5.54. The van der Waals surface area contributed by atoms with Gasteiger partial charge in [0.05, 0.1) is 6.10 Å². The summed E-state index contributed by atoms with van der Waals surface area (Å²) in [7, 11) is 0. The molecule has 2 rings (SSSR count). The molecule has 2 heterocycles. The number of aromatic nitrogens is 2. The van der Waals surface area contributed by atoms with Crippen molar-refractivity contribution in [2.24, 2.45) is 0 Å². The number of hydrogen-bond donors (Lipinski definition) is 1. The first-order chi connectivity index (χ1) is 7.79. The molecule has 0 aromatic carbocycles. The summed E-state index contributed by atoms with van der Waals surface area (Å²) in [5, 5.41) is 4.73. The quantitative estimate of drug-likeness (QED) is 0.816. The van der Waals surface area contributed by atoms with Crippen molar-refractivity contribution in [3.8, 4) is 0 Å². The third-order valence-electron chi connectivity index (χ3n) is 2.58. The van der Waals surface area contributed by atoms with Gasteiger partial charge < -0.3 is 10.1 Å². The van der Waals surface area contributed by atoms with E-state index in [9.17, 15) is 0 Å². The molecule has 0 spiro atoms. The third kappa shape index (κ3) is 2.86. The molecular weight excluding hydrogens is 222 g/mol. The molecule has 16 heavy (non-hydrogen) atoms. The smallest absolute Gasteiger partial charge is 0.130 e. The lowest BCUT2D eigenvalue weighted by atomic mass is 10.3. The van der Waals surface area contributed by atoms with Gasteiger partial charge in [0.1, 0.15) is 17.2 Å². The van der Waals surface area contributed by atoms with Crippen molar-refractivity contribution in [1.29, 1.82) is 0 Å². The van der Waals surface area contributed by atoms with Gasteiger partial charge in [0.25, 0.3) is 0 Å². The van der Waals surface area contributed by atoms with Crippen molar-refractivity contribution in [1.82, 2.24) is 9.97 Å². The van der Waals surface area contributed by atoms with E-state index in [0.717, 1.165) is 30.4 Å². The van der Waals surface area contributed by atoms with E-state index in [1.165, 1.54) is 0 Å². The highest BCUT2D eigenvalue weighted by molar-refractivity contribution is 7.99. The van der Waals surface area contributed by atoms with Crippen LogP contribution in [0, 0.1) is 0 Å². The maximum atomic E-state index is 5.54. The average molecular weight is 239 g/mol. The molecule has 5 heteroatoms. The Morgan fingerprint density at radius 3 is 3.12 bits per heavy atom. The fraction of sp³-hybridized carbons (Fsp3) is 0.636. The van der Waals surface area contributed by atoms with E-state index in [0.29, 0.717) is 11.4 Å². The lowest BCUT2D eigenvalue weighted by Gasteiger charge is -2.13. The van der Waals surface area contributed by atoms with Crippen molar-refractivity contribution in [2.75, 3.05) is 18.5 Å². The molecule has 1 N–H and O–H groups in total. The molecule has 0 amide bonds. The van der Waals surface area contributed by atoms with Crippen LogP contribution in [0.3, 0.4) is 0 Å². The van der Waals surface area contributed by atoms with Gasteiger partial charge in [0.15, 0.2) is 0 Å². The molecular formula is C11H17N3OS. The van der Waals surface area contributed by atoms with Crippen LogP contribution in [0.1, 0.15) is 20.3 Å². The fourth-order valence-electron chi connectivity index (χ4n) is 1.70. The minimum atomic E-state index is 0.322. The Morgan fingerprint density at radius 2 is 2.44 bits per heavy atom. The standard InChI is InChI=1S/C11H17N3OS/c1-3-12-10-6-11(14-7-13-10)16-9-4-5-15-8(9)2/h6-9H,3-5H2,1-2H3,(H,12,13,14). The number of thioether (sulfide) groups is 1. The second kappa shape index (κ2) is 5.50. The number of rotatable bonds is 4. The predicted molar refractivity (Wildman–Crippen MR) is 65.9 cm³/mol. The van der Waals surface area contributed by atoms with Crippen LogP contribution < -0.4 is 5.32 Å². The van der Waals surface area contributed by atoms with Crippen LogP contribution in [0.4, 0.5) is 5.82 Å². The summed E-state index contributed by atoms with van der Waals surface area (Å²) in [6.45, 7) is 5.92. The van der Waals surface area contributed by atoms with Crippen molar-refractivity contribution in [3.05, 3.63) is 12.4 Å². The Balaban J connectivity index is 2.00. The third-order valence-corrected chi connectivity index (χ3v) is 3.97. The molecule has 0 saturated carbocycles. The van der Waals surface area contributed by atoms with Gasteiger partial charge in [0, 0.05) is 24.5 Å². The zero-order valence-corrected chi connectivity index (χ0v) is 10.5. The zero-order valence-electron chi connectivity index (χ0n) is 9.64. The van der Waals surface area contributed by atoms with Gasteiger partial charge in [-0.05, 0) is 20.3 Å². The summed E-state index contributed by atoms with van der Waals surface area (Å²) in [6, 6.07) is 2.00. The molecule has 0 radical (unpaired) electrons. The average Bonchev–Trinajstić information content (AvgIpc) is 2.66. The van der Waals surface area contributed by atoms with Crippen LogP contribution in [-0.4, -0.2) is 34.5 Å². The van der Waals surface area contributed by atoms with Gasteiger partial charge in [-0.1, -0.05) is 0 Å². The molecule has 1 fully saturated rings. The predicted octanol–water partition coefficient (Wildman–Crippen LogP) is 2.18. The van der Waals surface area contributed by atoms with Gasteiger partial charge in [-0.2, -0.15) is 0 Å². The van der Waals surface area contributed by atoms with E-state index in [1.807, 2.05) is 6.07 Å². The first kappa shape index (κ1) is 11.7. The molecule has 0 bridgehead atoms. The van der Waals surface area contributed by atoms with Crippen molar-refractivity contribution in [2.45, 2.75) is 36.6 Å². The van der Waals surface area contributed by atoms with E-state index in [-0.39, 0.29) is 0 Å². The first-order valence-electron chi connectivity index (χ1n) is 5.63. The van der Waals surface area contributed by atoms with E-state index in [4.69, 9.17) is 4.74 Å². The number of nitrogens with one attached hydrogen (secondary N) is 1. The molecule has 1 aromatic rings. The Kier molecular flexibility index (Phi) is 4.01. The topological polar surface area (TPSA) is 47.0 Å². The Labute approximate surface area is 100 Å². The Morgan fingerprint density at radius 1 is 1.56 bits per heavy atom. The lowest BCUT2D eigenvalue weighted by molar-refractivity contribution is 0.127. The highest BCUT2D eigenvalue weighted by Gasteiger charge is 2.25. The summed E-state index contributed by atoms with van der Waals surface area (Å²) in [6.07, 6.45) is 3.04. The normalized spacial score (nSPS) is 24.6. The second-order valence-electron chi connectivity index (χ2n) is 3.79. The van der Waals surface area contributed by atoms with E-state index in [1.54, 1.807) is 18.1 Å². The molecule has 88 valence electrons. The molecule has 1 aromatic heterocycles. The summed E-state index contributed by atoms with van der Waals surface area (Å²) in [5.74, 6) is 0.895. The maximum Gasteiger partial charge on any atom is 0.130 e. The zero-order chi connectivity index (χ0) is 11.4. The Hall–Kier alpha value is -0.810. The number of anilines is 1. The monoisotopic (exact) mass is 239 g/mol. The van der Waals surface area contributed by atoms with Crippen LogP contribution in [0.2, 0.25) is 0 Å². The fourth-order valence-corrected chi connectivity index (χ4v) is 2.79. The number of hydrogen-bond acceptors (Lipinski definition) is 5. The van der Waals surface area contributed by atoms with Gasteiger partial charge >= 0.3 is 0 Å². The molecule has 4 nitrogen and oxygen atoms in total. The summed E-state index contributed by atoms with van der Waals surface area (Å²) < 4.78 is 5.54. The van der Waals surface area contributed by atoms with Crippen LogP contribution in [0.25, 0.3) is 0 Å². The highest BCUT2D eigenvalue weighted by Crippen LogP contribution is 2.31. The molecule has 1 saturated heterocycles. The molecule has 1 aliphatic rings. The van der Waals surface area contributed by atoms with E-state index >= 15 is 0 Å². The lowest BCUT2D eigenvalue weighted by Crippen LogP contribution is -2.13. The van der Waals surface area contributed by atoms with Gasteiger partial charge in [-0.3, -0.25) is 0 Å². The SMILES string of the molecule is CCNc1cc(SC2CCOC2C)ncn1. The summed E-state index contributed by atoms with van der Waals surface area (Å²) in [5.41, 5.74) is 0. The second-order valence-corrected chi connectivity index (χ2v) is 5.05.